The van der Waals surface area contributed by atoms with Gasteiger partial charge in [-0.25, -0.2) is 0 Å². The lowest BCUT2D eigenvalue weighted by Gasteiger charge is -2.34. The average molecular weight is 286 g/mol. The smallest absolute Gasteiger partial charge is 0.323 e. The number of hydrogen-bond acceptors (Lipinski definition) is 5. The average Bonchev–Trinajstić information content (AvgIpc) is 2.91. The molecule has 3 rings (SSSR count). The molecule has 1 aromatic carbocycles. The molecule has 1 aromatic heterocycles. The number of aryl methyl sites for hydroxylation is 1. The number of hydrogen-bond donors (Lipinski definition) is 0. The third-order valence-corrected chi connectivity index (χ3v) is 3.85. The van der Waals surface area contributed by atoms with E-state index in [0.29, 0.717) is 19.5 Å². The summed E-state index contributed by atoms with van der Waals surface area (Å²) in [5, 5.41) is 3.90. The molecule has 110 valence electrons. The second-order valence-electron chi connectivity index (χ2n) is 5.35. The normalized spacial score (nSPS) is 18.3. The van der Waals surface area contributed by atoms with Crippen LogP contribution in [0.4, 0.5) is 0 Å². The highest BCUT2D eigenvalue weighted by atomic mass is 16.5. The number of carbonyl (C=O) groups excluding carboxylic acids is 1. The van der Waals surface area contributed by atoms with Gasteiger partial charge in [0.2, 0.25) is 0 Å². The van der Waals surface area contributed by atoms with Gasteiger partial charge in [-0.05, 0) is 24.5 Å². The summed E-state index contributed by atoms with van der Waals surface area (Å²) in [6.45, 7) is 3.14. The first kappa shape index (κ1) is 13.8. The highest BCUT2D eigenvalue weighted by molar-refractivity contribution is 5.76. The Morgan fingerprint density at radius 2 is 2.19 bits per heavy atom. The van der Waals surface area contributed by atoms with Crippen LogP contribution in [0.2, 0.25) is 0 Å². The van der Waals surface area contributed by atoms with Gasteiger partial charge in [-0.2, -0.15) is 0 Å². The number of methoxy groups -OCH3 is 1. The zero-order valence-electron chi connectivity index (χ0n) is 12.2. The fraction of sp³-hybridized carbons (Fsp3) is 0.375. The molecule has 2 heterocycles. The molecule has 1 aliphatic heterocycles. The summed E-state index contributed by atoms with van der Waals surface area (Å²) < 4.78 is 10.2. The fourth-order valence-corrected chi connectivity index (χ4v) is 2.80. The quantitative estimate of drug-likeness (QED) is 0.809. The van der Waals surface area contributed by atoms with Crippen LogP contribution >= 0.6 is 0 Å². The summed E-state index contributed by atoms with van der Waals surface area (Å²) in [4.78, 5) is 14.1. The van der Waals surface area contributed by atoms with Crippen molar-refractivity contribution in [3.05, 3.63) is 52.9 Å². The van der Waals surface area contributed by atoms with Crippen LogP contribution in [0.1, 0.15) is 22.6 Å². The van der Waals surface area contributed by atoms with Crippen LogP contribution in [0.3, 0.4) is 0 Å². The van der Waals surface area contributed by atoms with Crippen molar-refractivity contribution in [3.8, 4) is 0 Å². The second kappa shape index (κ2) is 5.69. The first-order valence-electron chi connectivity index (χ1n) is 6.98. The van der Waals surface area contributed by atoms with Crippen LogP contribution in [-0.4, -0.2) is 29.2 Å². The zero-order valence-corrected chi connectivity index (χ0v) is 12.2. The Kier molecular flexibility index (Phi) is 3.75. The minimum atomic E-state index is -0.282. The van der Waals surface area contributed by atoms with Crippen molar-refractivity contribution in [1.82, 2.24) is 10.1 Å². The SMILES string of the molecule is COC(=O)C1Cc2ccccc2CN1Cc1cc(C)no1. The van der Waals surface area contributed by atoms with Gasteiger partial charge in [-0.1, -0.05) is 29.4 Å². The van der Waals surface area contributed by atoms with Crippen molar-refractivity contribution in [2.75, 3.05) is 7.11 Å². The van der Waals surface area contributed by atoms with E-state index in [1.54, 1.807) is 0 Å². The summed E-state index contributed by atoms with van der Waals surface area (Å²) in [5.41, 5.74) is 3.30. The summed E-state index contributed by atoms with van der Waals surface area (Å²) in [5.74, 6) is 0.557. The number of carbonyl (C=O) groups is 1. The van der Waals surface area contributed by atoms with Gasteiger partial charge in [0.25, 0.3) is 0 Å². The summed E-state index contributed by atoms with van der Waals surface area (Å²) in [7, 11) is 1.43. The predicted molar refractivity (Wildman–Crippen MR) is 76.4 cm³/mol. The number of rotatable bonds is 3. The molecule has 0 fully saturated rings. The molecule has 0 spiro atoms. The standard InChI is InChI=1S/C16H18N2O3/c1-11-7-14(21-17-11)10-18-9-13-6-4-3-5-12(13)8-15(18)16(19)20-2/h3-7,15H,8-10H2,1-2H3. The van der Waals surface area contributed by atoms with Crippen LogP contribution < -0.4 is 0 Å². The minimum absolute atomic E-state index is 0.208. The van der Waals surface area contributed by atoms with Crippen LogP contribution in [0.5, 0.6) is 0 Å². The predicted octanol–water partition coefficient (Wildman–Crippen LogP) is 2.08. The lowest BCUT2D eigenvalue weighted by molar-refractivity contribution is -0.148. The maximum Gasteiger partial charge on any atom is 0.323 e. The molecule has 0 saturated heterocycles. The maximum atomic E-state index is 12.1. The number of ether oxygens (including phenoxy) is 1. The molecule has 0 aliphatic carbocycles. The van der Waals surface area contributed by atoms with Gasteiger partial charge < -0.3 is 9.26 Å². The minimum Gasteiger partial charge on any atom is -0.468 e. The van der Waals surface area contributed by atoms with Gasteiger partial charge >= 0.3 is 5.97 Å². The van der Waals surface area contributed by atoms with Gasteiger partial charge in [0.1, 0.15) is 6.04 Å². The monoisotopic (exact) mass is 286 g/mol. The molecule has 0 N–H and O–H groups in total. The van der Waals surface area contributed by atoms with E-state index >= 15 is 0 Å². The van der Waals surface area contributed by atoms with Crippen molar-refractivity contribution >= 4 is 5.97 Å². The summed E-state index contributed by atoms with van der Waals surface area (Å²) in [6.07, 6.45) is 0.663. The van der Waals surface area contributed by atoms with Gasteiger partial charge in [0.05, 0.1) is 19.3 Å². The van der Waals surface area contributed by atoms with E-state index in [4.69, 9.17) is 9.26 Å². The highest BCUT2D eigenvalue weighted by Gasteiger charge is 2.32. The van der Waals surface area contributed by atoms with E-state index in [9.17, 15) is 4.79 Å². The molecular weight excluding hydrogens is 268 g/mol. The van der Waals surface area contributed by atoms with Crippen molar-refractivity contribution in [1.29, 1.82) is 0 Å². The molecule has 1 aliphatic rings. The maximum absolute atomic E-state index is 12.1. The number of esters is 1. The van der Waals surface area contributed by atoms with Gasteiger partial charge in [0.15, 0.2) is 5.76 Å². The third kappa shape index (κ3) is 2.83. The van der Waals surface area contributed by atoms with E-state index in [1.807, 2.05) is 25.1 Å². The number of benzene rings is 1. The van der Waals surface area contributed by atoms with Gasteiger partial charge in [-0.3, -0.25) is 9.69 Å². The number of fused-ring (bicyclic) bond motifs is 1. The van der Waals surface area contributed by atoms with Crippen molar-refractivity contribution < 1.29 is 14.1 Å². The molecule has 5 heteroatoms. The molecule has 5 nitrogen and oxygen atoms in total. The molecule has 0 bridgehead atoms. The van der Waals surface area contributed by atoms with Crippen molar-refractivity contribution in [2.45, 2.75) is 32.5 Å². The number of nitrogens with zero attached hydrogens (tertiary/aromatic N) is 2. The third-order valence-electron chi connectivity index (χ3n) is 3.85. The van der Waals surface area contributed by atoms with E-state index < -0.39 is 0 Å². The molecule has 0 amide bonds. The topological polar surface area (TPSA) is 55.6 Å². The van der Waals surface area contributed by atoms with Crippen LogP contribution in [0.15, 0.2) is 34.9 Å². The first-order valence-corrected chi connectivity index (χ1v) is 6.98. The number of aromatic nitrogens is 1. The Morgan fingerprint density at radius 1 is 1.43 bits per heavy atom. The molecule has 21 heavy (non-hydrogen) atoms. The fourth-order valence-electron chi connectivity index (χ4n) is 2.80. The molecular formula is C16H18N2O3. The zero-order chi connectivity index (χ0) is 14.8. The molecule has 1 unspecified atom stereocenters. The highest BCUT2D eigenvalue weighted by Crippen LogP contribution is 2.25. The molecule has 1 atom stereocenters. The van der Waals surface area contributed by atoms with Gasteiger partial charge in [-0.15, -0.1) is 0 Å². The summed E-state index contributed by atoms with van der Waals surface area (Å²) in [6, 6.07) is 9.81. The van der Waals surface area contributed by atoms with E-state index in [0.717, 1.165) is 11.5 Å². The van der Waals surface area contributed by atoms with Crippen LogP contribution in [0, 0.1) is 6.92 Å². The Labute approximate surface area is 123 Å². The molecule has 0 radical (unpaired) electrons. The van der Waals surface area contributed by atoms with Crippen LogP contribution in [0.25, 0.3) is 0 Å². The summed E-state index contributed by atoms with van der Waals surface area (Å²) >= 11 is 0. The second-order valence-corrected chi connectivity index (χ2v) is 5.35. The molecule has 0 saturated carbocycles. The van der Waals surface area contributed by atoms with E-state index in [-0.39, 0.29) is 12.0 Å². The Balaban J connectivity index is 1.87. The Bertz CT molecular complexity index is 650. The lowest BCUT2D eigenvalue weighted by Crippen LogP contribution is -2.45. The van der Waals surface area contributed by atoms with Gasteiger partial charge in [0, 0.05) is 12.6 Å². The lowest BCUT2D eigenvalue weighted by atomic mass is 9.94. The first-order chi connectivity index (χ1) is 10.2. The van der Waals surface area contributed by atoms with Crippen molar-refractivity contribution in [3.63, 3.8) is 0 Å². The Morgan fingerprint density at radius 3 is 2.86 bits per heavy atom. The van der Waals surface area contributed by atoms with E-state index in [2.05, 4.69) is 22.2 Å². The molecule has 2 aromatic rings. The Hall–Kier alpha value is -2.14. The van der Waals surface area contributed by atoms with E-state index in [1.165, 1.54) is 18.2 Å². The largest absolute Gasteiger partial charge is 0.468 e. The van der Waals surface area contributed by atoms with Crippen molar-refractivity contribution in [2.24, 2.45) is 0 Å². The van der Waals surface area contributed by atoms with Crippen LogP contribution in [-0.2, 0) is 29.0 Å².